The van der Waals surface area contributed by atoms with Gasteiger partial charge in [0.25, 0.3) is 0 Å². The zero-order valence-corrected chi connectivity index (χ0v) is 13.8. The Morgan fingerprint density at radius 1 is 1.38 bits per heavy atom. The molecule has 21 heavy (non-hydrogen) atoms. The van der Waals surface area contributed by atoms with E-state index in [0.29, 0.717) is 6.54 Å². The molecular weight excluding hydrogens is 332 g/mol. The molecule has 2 aromatic rings. The fourth-order valence-electron chi connectivity index (χ4n) is 2.96. The average molecular weight is 351 g/mol. The van der Waals surface area contributed by atoms with E-state index in [1.165, 1.54) is 0 Å². The SMILES string of the molecule is CC1(C)CN(c2nccc3c(Br)cccc23)CC(CO)O1. The van der Waals surface area contributed by atoms with E-state index in [-0.39, 0.29) is 18.3 Å². The number of ether oxygens (including phenoxy) is 1. The number of aliphatic hydroxyl groups excluding tert-OH is 1. The Labute approximate surface area is 132 Å². The summed E-state index contributed by atoms with van der Waals surface area (Å²) in [6.45, 7) is 5.51. The predicted molar refractivity (Wildman–Crippen MR) is 87.7 cm³/mol. The van der Waals surface area contributed by atoms with Crippen LogP contribution in [-0.2, 0) is 4.74 Å². The third-order valence-electron chi connectivity index (χ3n) is 3.72. The maximum absolute atomic E-state index is 9.47. The van der Waals surface area contributed by atoms with Gasteiger partial charge in [0, 0.05) is 34.5 Å². The van der Waals surface area contributed by atoms with Crippen LogP contribution in [0, 0.1) is 0 Å². The summed E-state index contributed by atoms with van der Waals surface area (Å²) in [5, 5.41) is 11.7. The van der Waals surface area contributed by atoms with Crippen molar-refractivity contribution in [2.75, 3.05) is 24.6 Å². The third kappa shape index (κ3) is 2.91. The summed E-state index contributed by atoms with van der Waals surface area (Å²) in [4.78, 5) is 6.78. The topological polar surface area (TPSA) is 45.6 Å². The van der Waals surface area contributed by atoms with Crippen molar-refractivity contribution in [1.82, 2.24) is 4.98 Å². The molecular formula is C16H19BrN2O2. The Morgan fingerprint density at radius 2 is 2.19 bits per heavy atom. The lowest BCUT2D eigenvalue weighted by Crippen LogP contribution is -2.54. The molecule has 0 spiro atoms. The number of morpholine rings is 1. The molecule has 1 saturated heterocycles. The van der Waals surface area contributed by atoms with Gasteiger partial charge < -0.3 is 14.7 Å². The third-order valence-corrected chi connectivity index (χ3v) is 4.41. The lowest BCUT2D eigenvalue weighted by atomic mass is 10.0. The number of hydrogen-bond acceptors (Lipinski definition) is 4. The van der Waals surface area contributed by atoms with E-state index in [2.05, 4.69) is 31.9 Å². The first-order valence-electron chi connectivity index (χ1n) is 7.07. The molecule has 0 amide bonds. The van der Waals surface area contributed by atoms with Gasteiger partial charge >= 0.3 is 0 Å². The number of pyridine rings is 1. The molecule has 1 aliphatic rings. The Hall–Kier alpha value is -1.17. The van der Waals surface area contributed by atoms with Gasteiger partial charge in [-0.3, -0.25) is 0 Å². The molecule has 1 atom stereocenters. The molecule has 1 N–H and O–H groups in total. The van der Waals surface area contributed by atoms with E-state index >= 15 is 0 Å². The van der Waals surface area contributed by atoms with Gasteiger partial charge in [-0.05, 0) is 26.0 Å². The summed E-state index contributed by atoms with van der Waals surface area (Å²) in [6.07, 6.45) is 1.65. The van der Waals surface area contributed by atoms with Crippen LogP contribution < -0.4 is 4.90 Å². The summed E-state index contributed by atoms with van der Waals surface area (Å²) in [5.41, 5.74) is -0.304. The van der Waals surface area contributed by atoms with E-state index in [1.807, 2.05) is 38.2 Å². The van der Waals surface area contributed by atoms with Gasteiger partial charge in [0.1, 0.15) is 5.82 Å². The lowest BCUT2D eigenvalue weighted by molar-refractivity contribution is -0.101. The number of rotatable bonds is 2. The van der Waals surface area contributed by atoms with Gasteiger partial charge in [0.2, 0.25) is 0 Å². The average Bonchev–Trinajstić information content (AvgIpc) is 2.45. The van der Waals surface area contributed by atoms with Gasteiger partial charge in [-0.2, -0.15) is 0 Å². The molecule has 5 heteroatoms. The van der Waals surface area contributed by atoms with E-state index in [1.54, 1.807) is 0 Å². The van der Waals surface area contributed by atoms with E-state index in [0.717, 1.165) is 27.6 Å². The van der Waals surface area contributed by atoms with Gasteiger partial charge in [-0.15, -0.1) is 0 Å². The Morgan fingerprint density at radius 3 is 2.95 bits per heavy atom. The van der Waals surface area contributed by atoms with E-state index in [9.17, 15) is 5.11 Å². The normalized spacial score (nSPS) is 21.7. The largest absolute Gasteiger partial charge is 0.394 e. The van der Waals surface area contributed by atoms with Gasteiger partial charge in [-0.1, -0.05) is 28.1 Å². The molecule has 4 nitrogen and oxygen atoms in total. The second-order valence-corrected chi connectivity index (χ2v) is 6.89. The fraction of sp³-hybridized carbons (Fsp3) is 0.438. The molecule has 0 radical (unpaired) electrons. The minimum absolute atomic E-state index is 0.0222. The highest BCUT2D eigenvalue weighted by Gasteiger charge is 2.34. The summed E-state index contributed by atoms with van der Waals surface area (Å²) < 4.78 is 6.95. The molecule has 0 aliphatic carbocycles. The van der Waals surface area contributed by atoms with Crippen LogP contribution in [0.5, 0.6) is 0 Å². The Balaban J connectivity index is 2.05. The van der Waals surface area contributed by atoms with Crippen molar-refractivity contribution >= 4 is 32.5 Å². The maximum Gasteiger partial charge on any atom is 0.136 e. The second kappa shape index (κ2) is 5.55. The molecule has 1 unspecified atom stereocenters. The van der Waals surface area contributed by atoms with Crippen molar-refractivity contribution in [3.05, 3.63) is 34.9 Å². The molecule has 112 valence electrons. The van der Waals surface area contributed by atoms with Crippen molar-refractivity contribution in [2.24, 2.45) is 0 Å². The van der Waals surface area contributed by atoms with Crippen LogP contribution in [0.1, 0.15) is 13.8 Å². The zero-order valence-electron chi connectivity index (χ0n) is 12.2. The lowest BCUT2D eigenvalue weighted by Gasteiger charge is -2.43. The van der Waals surface area contributed by atoms with Crippen LogP contribution in [0.15, 0.2) is 34.9 Å². The molecule has 0 bridgehead atoms. The fourth-order valence-corrected chi connectivity index (χ4v) is 3.46. The minimum atomic E-state index is -0.304. The molecule has 3 rings (SSSR count). The van der Waals surface area contributed by atoms with E-state index < -0.39 is 0 Å². The number of hydrogen-bond donors (Lipinski definition) is 1. The quantitative estimate of drug-likeness (QED) is 0.904. The van der Waals surface area contributed by atoms with Crippen molar-refractivity contribution in [3.63, 3.8) is 0 Å². The van der Waals surface area contributed by atoms with Gasteiger partial charge in [0.05, 0.1) is 18.3 Å². The van der Waals surface area contributed by atoms with Crippen molar-refractivity contribution < 1.29 is 9.84 Å². The predicted octanol–water partition coefficient (Wildman–Crippen LogP) is 2.97. The number of halogens is 1. The van der Waals surface area contributed by atoms with Crippen LogP contribution in [0.3, 0.4) is 0 Å². The summed E-state index contributed by atoms with van der Waals surface area (Å²) in [7, 11) is 0. The van der Waals surface area contributed by atoms with Crippen LogP contribution in [0.25, 0.3) is 10.8 Å². The van der Waals surface area contributed by atoms with Crippen molar-refractivity contribution in [1.29, 1.82) is 0 Å². The first-order chi connectivity index (χ1) is 10.00. The van der Waals surface area contributed by atoms with Crippen LogP contribution in [0.4, 0.5) is 5.82 Å². The highest BCUT2D eigenvalue weighted by molar-refractivity contribution is 9.10. The molecule has 2 heterocycles. The van der Waals surface area contributed by atoms with Crippen LogP contribution in [-0.4, -0.2) is 41.5 Å². The van der Waals surface area contributed by atoms with E-state index in [4.69, 9.17) is 4.74 Å². The number of aliphatic hydroxyl groups is 1. The first-order valence-corrected chi connectivity index (χ1v) is 7.86. The molecule has 1 fully saturated rings. The number of nitrogens with zero attached hydrogens (tertiary/aromatic N) is 2. The first kappa shape index (κ1) is 14.8. The smallest absolute Gasteiger partial charge is 0.136 e. The molecule has 1 aromatic carbocycles. The minimum Gasteiger partial charge on any atom is -0.394 e. The summed E-state index contributed by atoms with van der Waals surface area (Å²) in [6, 6.07) is 8.15. The highest BCUT2D eigenvalue weighted by atomic mass is 79.9. The van der Waals surface area contributed by atoms with Gasteiger partial charge in [-0.25, -0.2) is 4.98 Å². The van der Waals surface area contributed by atoms with Crippen LogP contribution in [0.2, 0.25) is 0 Å². The summed E-state index contributed by atoms with van der Waals surface area (Å²) >= 11 is 3.59. The number of aromatic nitrogens is 1. The van der Waals surface area contributed by atoms with Crippen molar-refractivity contribution in [3.8, 4) is 0 Å². The zero-order chi connectivity index (χ0) is 15.0. The Kier molecular flexibility index (Phi) is 3.90. The highest BCUT2D eigenvalue weighted by Crippen LogP contribution is 2.32. The monoisotopic (exact) mass is 350 g/mol. The van der Waals surface area contributed by atoms with Crippen molar-refractivity contribution in [2.45, 2.75) is 25.6 Å². The molecule has 1 aliphatic heterocycles. The Bertz CT molecular complexity index is 660. The van der Waals surface area contributed by atoms with Crippen LogP contribution >= 0.6 is 15.9 Å². The summed E-state index contributed by atoms with van der Waals surface area (Å²) in [5.74, 6) is 0.948. The maximum atomic E-state index is 9.47. The molecule has 0 saturated carbocycles. The number of anilines is 1. The number of benzene rings is 1. The standard InChI is InChI=1S/C16H19BrN2O2/c1-16(2)10-19(8-11(9-20)21-16)15-13-4-3-5-14(17)12(13)6-7-18-15/h3-7,11,20H,8-10H2,1-2H3. The number of fused-ring (bicyclic) bond motifs is 1. The second-order valence-electron chi connectivity index (χ2n) is 6.03. The van der Waals surface area contributed by atoms with Gasteiger partial charge in [0.15, 0.2) is 0 Å². The molecule has 1 aromatic heterocycles.